The Bertz CT molecular complexity index is 3230. The first-order valence-electron chi connectivity index (χ1n) is 20.9. The summed E-state index contributed by atoms with van der Waals surface area (Å²) in [5.74, 6) is 4.79. The molecule has 0 N–H and O–H groups in total. The number of aromatic nitrogens is 3. The smallest absolute Gasteiger partial charge is 0.167 e. The summed E-state index contributed by atoms with van der Waals surface area (Å²) in [6.07, 6.45) is 6.71. The van der Waals surface area contributed by atoms with Crippen LogP contribution in [-0.2, 0) is 5.41 Å². The molecule has 3 heterocycles. The fourth-order valence-electron chi connectivity index (χ4n) is 12.7. The number of benzene rings is 7. The van der Waals surface area contributed by atoms with Gasteiger partial charge in [0.25, 0.3) is 0 Å². The minimum atomic E-state index is -0.0204. The van der Waals surface area contributed by atoms with Crippen molar-refractivity contribution in [2.24, 2.45) is 23.7 Å². The second-order valence-electron chi connectivity index (χ2n) is 17.5. The van der Waals surface area contributed by atoms with Crippen LogP contribution in [0.5, 0.6) is 0 Å². The average Bonchev–Trinajstić information content (AvgIpc) is 3.94. The second-order valence-corrected chi connectivity index (χ2v) is 17.5. The van der Waals surface area contributed by atoms with Gasteiger partial charge in [0.15, 0.2) is 17.5 Å². The molecule has 7 aromatic carbocycles. The summed E-state index contributed by atoms with van der Waals surface area (Å²) in [7, 11) is 0. The van der Waals surface area contributed by atoms with Crippen molar-refractivity contribution >= 4 is 54.6 Å². The highest BCUT2D eigenvalue weighted by molar-refractivity contribution is 6.10. The standard InChI is InChI=1S/C53H37N3O2/c1-2-10-35-31(9-1)19-22-39-36-21-20-32(28-44(36)53(47(35)39)33-24-29-23-30(26-33)27-34(53)25-29)50-54-51(42-15-7-13-40-37-11-3-5-17-45(37)57-48(40)42)56-52(55-50)43-16-8-14-41-38-12-4-6-18-46(38)58-49(41)43/h1-22,28-30,33-34H,23-27H2. The number of hydrogen-bond acceptors (Lipinski definition) is 5. The van der Waals surface area contributed by atoms with Gasteiger partial charge in [-0.2, -0.15) is 0 Å². The maximum absolute atomic E-state index is 6.58. The van der Waals surface area contributed by atoms with Gasteiger partial charge in [-0.15, -0.1) is 0 Å². The summed E-state index contributed by atoms with van der Waals surface area (Å²) in [5.41, 5.74) is 11.8. The molecule has 0 amide bonds. The molecule has 15 rings (SSSR count). The molecule has 4 bridgehead atoms. The average molecular weight is 748 g/mol. The minimum Gasteiger partial charge on any atom is -0.455 e. The van der Waals surface area contributed by atoms with Crippen LogP contribution in [0.1, 0.15) is 43.2 Å². The van der Waals surface area contributed by atoms with E-state index in [1.54, 1.807) is 5.56 Å². The van der Waals surface area contributed by atoms with E-state index in [4.69, 9.17) is 23.8 Å². The third-order valence-corrected chi connectivity index (χ3v) is 14.7. The van der Waals surface area contributed by atoms with Crippen LogP contribution in [0, 0.1) is 23.7 Å². The summed E-state index contributed by atoms with van der Waals surface area (Å²) in [6.45, 7) is 0. The molecule has 0 radical (unpaired) electrons. The van der Waals surface area contributed by atoms with Crippen LogP contribution in [0.4, 0.5) is 0 Å². The minimum absolute atomic E-state index is 0.0204. The third-order valence-electron chi connectivity index (χ3n) is 14.7. The van der Waals surface area contributed by atoms with E-state index < -0.39 is 0 Å². The zero-order chi connectivity index (χ0) is 37.7. The fraction of sp³-hybridized carbons (Fsp3) is 0.189. The number of rotatable bonds is 3. The van der Waals surface area contributed by atoms with Gasteiger partial charge < -0.3 is 8.83 Å². The van der Waals surface area contributed by atoms with Crippen LogP contribution in [0.25, 0.3) is 99.9 Å². The lowest BCUT2D eigenvalue weighted by molar-refractivity contribution is -0.0393. The van der Waals surface area contributed by atoms with E-state index in [2.05, 4.69) is 115 Å². The molecule has 5 heteroatoms. The van der Waals surface area contributed by atoms with E-state index in [1.165, 1.54) is 59.6 Å². The molecule has 276 valence electrons. The number of hydrogen-bond donors (Lipinski definition) is 0. The number of fused-ring (bicyclic) bond motifs is 11. The molecule has 58 heavy (non-hydrogen) atoms. The molecule has 10 aromatic rings. The van der Waals surface area contributed by atoms with Crippen LogP contribution in [-0.4, -0.2) is 15.0 Å². The van der Waals surface area contributed by atoms with E-state index in [1.807, 2.05) is 24.3 Å². The van der Waals surface area contributed by atoms with E-state index in [-0.39, 0.29) is 5.41 Å². The second kappa shape index (κ2) is 11.3. The molecule has 5 aliphatic rings. The molecule has 4 saturated carbocycles. The van der Waals surface area contributed by atoms with Crippen molar-refractivity contribution in [3.63, 3.8) is 0 Å². The number of furan rings is 2. The molecular weight excluding hydrogens is 711 g/mol. The Hall–Kier alpha value is -6.59. The van der Waals surface area contributed by atoms with Gasteiger partial charge >= 0.3 is 0 Å². The fourth-order valence-corrected chi connectivity index (χ4v) is 12.7. The zero-order valence-corrected chi connectivity index (χ0v) is 31.8. The van der Waals surface area contributed by atoms with Crippen molar-refractivity contribution in [1.82, 2.24) is 15.0 Å². The quantitative estimate of drug-likeness (QED) is 0.180. The monoisotopic (exact) mass is 747 g/mol. The Morgan fingerprint density at radius 2 is 0.966 bits per heavy atom. The van der Waals surface area contributed by atoms with Gasteiger partial charge in [-0.3, -0.25) is 0 Å². The van der Waals surface area contributed by atoms with E-state index in [0.717, 1.165) is 72.4 Å². The normalized spacial score (nSPS) is 22.9. The highest BCUT2D eigenvalue weighted by Gasteiger charge is 2.62. The first-order valence-corrected chi connectivity index (χ1v) is 20.9. The lowest BCUT2D eigenvalue weighted by atomic mass is 9.43. The summed E-state index contributed by atoms with van der Waals surface area (Å²) in [4.78, 5) is 16.0. The van der Waals surface area contributed by atoms with Gasteiger partial charge in [-0.05, 0) is 119 Å². The number of nitrogens with zero attached hydrogens (tertiary/aromatic N) is 3. The van der Waals surface area contributed by atoms with Crippen LogP contribution in [0.3, 0.4) is 0 Å². The van der Waals surface area contributed by atoms with E-state index >= 15 is 0 Å². The molecule has 0 aliphatic heterocycles. The molecular formula is C53H37N3O2. The van der Waals surface area contributed by atoms with Crippen molar-refractivity contribution in [3.05, 3.63) is 151 Å². The lowest BCUT2D eigenvalue weighted by Gasteiger charge is -2.61. The van der Waals surface area contributed by atoms with Gasteiger partial charge in [-0.25, -0.2) is 15.0 Å². The highest BCUT2D eigenvalue weighted by atomic mass is 16.3. The summed E-state index contributed by atoms with van der Waals surface area (Å²) in [5, 5.41) is 7.01. The first-order chi connectivity index (χ1) is 28.7. The van der Waals surface area contributed by atoms with Crippen LogP contribution < -0.4 is 0 Å². The molecule has 3 aromatic heterocycles. The SMILES string of the molecule is c1ccc2c3c(ccc2c1)-c1ccc(-c2nc(-c4cccc5c4oc4ccccc45)nc(-c4cccc5c4oc4ccccc45)n2)cc1C31C2CC3CC(C2)CC1C3. The van der Waals surface area contributed by atoms with Gasteiger partial charge in [0, 0.05) is 32.5 Å². The van der Waals surface area contributed by atoms with Crippen LogP contribution >= 0.6 is 0 Å². The molecule has 4 fully saturated rings. The van der Waals surface area contributed by atoms with Crippen molar-refractivity contribution in [1.29, 1.82) is 0 Å². The molecule has 0 saturated heterocycles. The largest absolute Gasteiger partial charge is 0.455 e. The van der Waals surface area contributed by atoms with Crippen molar-refractivity contribution in [3.8, 4) is 45.3 Å². The van der Waals surface area contributed by atoms with Crippen LogP contribution in [0.2, 0.25) is 0 Å². The van der Waals surface area contributed by atoms with Gasteiger partial charge in [-0.1, -0.05) is 109 Å². The molecule has 1 spiro atoms. The molecule has 0 unspecified atom stereocenters. The summed E-state index contributed by atoms with van der Waals surface area (Å²) in [6, 6.07) is 49.9. The van der Waals surface area contributed by atoms with Gasteiger partial charge in [0.1, 0.15) is 22.3 Å². The van der Waals surface area contributed by atoms with Crippen LogP contribution in [0.15, 0.2) is 148 Å². The summed E-state index contributed by atoms with van der Waals surface area (Å²) < 4.78 is 13.2. The number of para-hydroxylation sites is 4. The Morgan fingerprint density at radius 3 is 1.60 bits per heavy atom. The third kappa shape index (κ3) is 4.08. The predicted octanol–water partition coefficient (Wildman–Crippen LogP) is 13.5. The zero-order valence-electron chi connectivity index (χ0n) is 31.8. The molecule has 0 atom stereocenters. The predicted molar refractivity (Wildman–Crippen MR) is 231 cm³/mol. The van der Waals surface area contributed by atoms with Crippen molar-refractivity contribution < 1.29 is 8.83 Å². The Kier molecular flexibility index (Phi) is 6.13. The van der Waals surface area contributed by atoms with Crippen molar-refractivity contribution in [2.45, 2.75) is 37.5 Å². The van der Waals surface area contributed by atoms with E-state index in [0.29, 0.717) is 29.3 Å². The maximum Gasteiger partial charge on any atom is 0.167 e. The Balaban J connectivity index is 1.03. The van der Waals surface area contributed by atoms with Gasteiger partial charge in [0.2, 0.25) is 0 Å². The topological polar surface area (TPSA) is 65.0 Å². The molecule has 5 aliphatic carbocycles. The Labute approximate surface area is 334 Å². The Morgan fingerprint density at radius 1 is 0.431 bits per heavy atom. The van der Waals surface area contributed by atoms with Crippen molar-refractivity contribution in [2.75, 3.05) is 0 Å². The first kappa shape index (κ1) is 31.5. The summed E-state index contributed by atoms with van der Waals surface area (Å²) >= 11 is 0. The van der Waals surface area contributed by atoms with E-state index in [9.17, 15) is 0 Å². The van der Waals surface area contributed by atoms with Gasteiger partial charge in [0.05, 0.1) is 11.1 Å². The molecule has 5 nitrogen and oxygen atoms in total. The lowest BCUT2D eigenvalue weighted by Crippen LogP contribution is -2.55. The highest BCUT2D eigenvalue weighted by Crippen LogP contribution is 2.70. The maximum atomic E-state index is 6.58.